The standard InChI is InChI=1S/C16H21NO3/c1-5-12-6-7-15(20-12)14(18)8-13-11(3)16(19-4)10(2)9-17-13/h6-7,9,14,18H,5,8H2,1-4H3. The number of aliphatic hydroxyl groups is 1. The van der Waals surface area contributed by atoms with Crippen LogP contribution in [0.1, 0.15) is 41.4 Å². The van der Waals surface area contributed by atoms with Gasteiger partial charge in [-0.2, -0.15) is 0 Å². The first kappa shape index (κ1) is 14.6. The number of hydrogen-bond acceptors (Lipinski definition) is 4. The first-order chi connectivity index (χ1) is 9.56. The zero-order chi connectivity index (χ0) is 14.7. The van der Waals surface area contributed by atoms with Crippen molar-refractivity contribution in [3.8, 4) is 5.75 Å². The molecule has 0 aliphatic carbocycles. The number of hydrogen-bond donors (Lipinski definition) is 1. The van der Waals surface area contributed by atoms with E-state index in [4.69, 9.17) is 9.15 Å². The molecule has 2 rings (SSSR count). The zero-order valence-electron chi connectivity index (χ0n) is 12.4. The highest BCUT2D eigenvalue weighted by Crippen LogP contribution is 2.27. The average molecular weight is 275 g/mol. The molecule has 0 saturated carbocycles. The van der Waals surface area contributed by atoms with Gasteiger partial charge in [-0.05, 0) is 26.0 Å². The second-order valence-corrected chi connectivity index (χ2v) is 4.92. The van der Waals surface area contributed by atoms with E-state index in [2.05, 4.69) is 4.98 Å². The van der Waals surface area contributed by atoms with Crippen LogP contribution in [-0.2, 0) is 12.8 Å². The number of aromatic nitrogens is 1. The molecular weight excluding hydrogens is 254 g/mol. The lowest BCUT2D eigenvalue weighted by molar-refractivity contribution is 0.147. The molecule has 20 heavy (non-hydrogen) atoms. The van der Waals surface area contributed by atoms with Crippen molar-refractivity contribution in [2.45, 2.75) is 39.7 Å². The van der Waals surface area contributed by atoms with E-state index in [1.807, 2.05) is 32.9 Å². The van der Waals surface area contributed by atoms with Gasteiger partial charge >= 0.3 is 0 Å². The van der Waals surface area contributed by atoms with Crippen LogP contribution in [0.25, 0.3) is 0 Å². The highest BCUT2D eigenvalue weighted by molar-refractivity contribution is 5.41. The zero-order valence-corrected chi connectivity index (χ0v) is 12.4. The third-order valence-electron chi connectivity index (χ3n) is 3.50. The summed E-state index contributed by atoms with van der Waals surface area (Å²) in [6.07, 6.45) is 2.32. The van der Waals surface area contributed by atoms with Gasteiger partial charge in [-0.3, -0.25) is 4.98 Å². The van der Waals surface area contributed by atoms with Gasteiger partial charge in [0.1, 0.15) is 23.4 Å². The van der Waals surface area contributed by atoms with Gasteiger partial charge in [-0.25, -0.2) is 0 Å². The molecule has 0 saturated heterocycles. The first-order valence-electron chi connectivity index (χ1n) is 6.82. The molecule has 0 fully saturated rings. The summed E-state index contributed by atoms with van der Waals surface area (Å²) in [6, 6.07) is 3.72. The van der Waals surface area contributed by atoms with Crippen LogP contribution in [0, 0.1) is 13.8 Å². The Bertz CT molecular complexity index is 589. The number of aryl methyl sites for hydroxylation is 2. The summed E-state index contributed by atoms with van der Waals surface area (Å²) in [5, 5.41) is 10.3. The molecule has 0 amide bonds. The summed E-state index contributed by atoms with van der Waals surface area (Å²) >= 11 is 0. The second kappa shape index (κ2) is 6.09. The van der Waals surface area contributed by atoms with Crippen molar-refractivity contribution in [1.82, 2.24) is 4.98 Å². The van der Waals surface area contributed by atoms with E-state index in [9.17, 15) is 5.11 Å². The van der Waals surface area contributed by atoms with E-state index in [1.165, 1.54) is 0 Å². The average Bonchev–Trinajstić information content (AvgIpc) is 2.91. The molecule has 2 aromatic heterocycles. The lowest BCUT2D eigenvalue weighted by Crippen LogP contribution is -2.06. The predicted molar refractivity (Wildman–Crippen MR) is 77.0 cm³/mol. The number of pyridine rings is 1. The molecule has 108 valence electrons. The fraction of sp³-hybridized carbons (Fsp3) is 0.438. The Morgan fingerprint density at radius 1 is 1.35 bits per heavy atom. The minimum absolute atomic E-state index is 0.416. The van der Waals surface area contributed by atoms with Crippen LogP contribution in [0.4, 0.5) is 0 Å². The smallest absolute Gasteiger partial charge is 0.133 e. The van der Waals surface area contributed by atoms with E-state index in [0.717, 1.165) is 34.8 Å². The quantitative estimate of drug-likeness (QED) is 0.910. The number of ether oxygens (including phenoxy) is 1. The van der Waals surface area contributed by atoms with Crippen LogP contribution >= 0.6 is 0 Å². The largest absolute Gasteiger partial charge is 0.496 e. The van der Waals surface area contributed by atoms with Gasteiger partial charge in [0, 0.05) is 35.9 Å². The van der Waals surface area contributed by atoms with Crippen LogP contribution in [-0.4, -0.2) is 17.2 Å². The van der Waals surface area contributed by atoms with Crippen LogP contribution in [0.3, 0.4) is 0 Å². The minimum atomic E-state index is -0.686. The maximum Gasteiger partial charge on any atom is 0.133 e. The Morgan fingerprint density at radius 3 is 2.70 bits per heavy atom. The van der Waals surface area contributed by atoms with Crippen LogP contribution in [0.2, 0.25) is 0 Å². The monoisotopic (exact) mass is 275 g/mol. The van der Waals surface area contributed by atoms with Crippen molar-refractivity contribution in [1.29, 1.82) is 0 Å². The van der Waals surface area contributed by atoms with Crippen LogP contribution in [0.5, 0.6) is 5.75 Å². The predicted octanol–water partition coefficient (Wildman–Crippen LogP) is 3.14. The molecule has 4 heteroatoms. The topological polar surface area (TPSA) is 55.5 Å². The molecule has 0 aromatic carbocycles. The van der Waals surface area contributed by atoms with Gasteiger partial charge in [0.25, 0.3) is 0 Å². The molecule has 1 unspecified atom stereocenters. The van der Waals surface area contributed by atoms with Gasteiger partial charge < -0.3 is 14.3 Å². The van der Waals surface area contributed by atoms with E-state index in [0.29, 0.717) is 12.2 Å². The Hall–Kier alpha value is -1.81. The number of rotatable bonds is 5. The summed E-state index contributed by atoms with van der Waals surface area (Å²) in [5.74, 6) is 2.30. The summed E-state index contributed by atoms with van der Waals surface area (Å²) < 4.78 is 11.0. The van der Waals surface area contributed by atoms with Crippen molar-refractivity contribution in [3.05, 3.63) is 46.7 Å². The lowest BCUT2D eigenvalue weighted by atomic mass is 10.0. The maximum atomic E-state index is 10.3. The SMILES string of the molecule is CCc1ccc(C(O)Cc2ncc(C)c(OC)c2C)o1. The first-order valence-corrected chi connectivity index (χ1v) is 6.82. The molecule has 1 atom stereocenters. The number of nitrogens with zero attached hydrogens (tertiary/aromatic N) is 1. The van der Waals surface area contributed by atoms with Crippen molar-refractivity contribution in [2.24, 2.45) is 0 Å². The highest BCUT2D eigenvalue weighted by atomic mass is 16.5. The fourth-order valence-corrected chi connectivity index (χ4v) is 2.32. The summed E-state index contributed by atoms with van der Waals surface area (Å²) in [6.45, 7) is 5.94. The summed E-state index contributed by atoms with van der Waals surface area (Å²) in [5.41, 5.74) is 2.79. The molecule has 0 aliphatic rings. The van der Waals surface area contributed by atoms with Gasteiger partial charge in [-0.15, -0.1) is 0 Å². The van der Waals surface area contributed by atoms with Crippen LogP contribution in [0.15, 0.2) is 22.7 Å². The second-order valence-electron chi connectivity index (χ2n) is 4.92. The van der Waals surface area contributed by atoms with Gasteiger partial charge in [-0.1, -0.05) is 6.92 Å². The molecule has 2 heterocycles. The van der Waals surface area contributed by atoms with Gasteiger partial charge in [0.2, 0.25) is 0 Å². The number of furan rings is 1. The molecule has 0 spiro atoms. The highest BCUT2D eigenvalue weighted by Gasteiger charge is 2.17. The third-order valence-corrected chi connectivity index (χ3v) is 3.50. The van der Waals surface area contributed by atoms with Gasteiger partial charge in [0.15, 0.2) is 0 Å². The van der Waals surface area contributed by atoms with Crippen LogP contribution < -0.4 is 4.74 Å². The molecule has 0 aliphatic heterocycles. The summed E-state index contributed by atoms with van der Waals surface area (Å²) in [7, 11) is 1.65. The van der Waals surface area contributed by atoms with Crippen molar-refractivity contribution in [3.63, 3.8) is 0 Å². The fourth-order valence-electron chi connectivity index (χ4n) is 2.32. The molecule has 0 radical (unpaired) electrons. The Balaban J connectivity index is 2.21. The Labute approximate surface area is 119 Å². The lowest BCUT2D eigenvalue weighted by Gasteiger charge is -2.14. The minimum Gasteiger partial charge on any atom is -0.496 e. The van der Waals surface area contributed by atoms with E-state index in [1.54, 1.807) is 13.3 Å². The maximum absolute atomic E-state index is 10.3. The normalized spacial score (nSPS) is 12.4. The van der Waals surface area contributed by atoms with E-state index >= 15 is 0 Å². The molecule has 1 N–H and O–H groups in total. The Morgan fingerprint density at radius 2 is 2.10 bits per heavy atom. The molecular formula is C16H21NO3. The van der Waals surface area contributed by atoms with Gasteiger partial charge in [0.05, 0.1) is 7.11 Å². The number of aliphatic hydroxyl groups excluding tert-OH is 1. The van der Waals surface area contributed by atoms with Crippen molar-refractivity contribution >= 4 is 0 Å². The molecule has 4 nitrogen and oxygen atoms in total. The van der Waals surface area contributed by atoms with E-state index < -0.39 is 6.10 Å². The van der Waals surface area contributed by atoms with Crippen molar-refractivity contribution in [2.75, 3.05) is 7.11 Å². The number of methoxy groups -OCH3 is 1. The Kier molecular flexibility index (Phi) is 4.45. The molecule has 2 aromatic rings. The summed E-state index contributed by atoms with van der Waals surface area (Å²) in [4.78, 5) is 4.40. The van der Waals surface area contributed by atoms with Crippen molar-refractivity contribution < 1.29 is 14.3 Å². The third kappa shape index (κ3) is 2.85. The van der Waals surface area contributed by atoms with E-state index in [-0.39, 0.29) is 0 Å². The molecule has 0 bridgehead atoms.